The maximum absolute atomic E-state index is 12.3. The van der Waals surface area contributed by atoms with Gasteiger partial charge in [-0.2, -0.15) is 4.68 Å². The Labute approximate surface area is 143 Å². The molecule has 25 heavy (non-hydrogen) atoms. The average Bonchev–Trinajstić information content (AvgIpc) is 3.04. The molecule has 0 aliphatic heterocycles. The predicted molar refractivity (Wildman–Crippen MR) is 91.5 cm³/mol. The van der Waals surface area contributed by atoms with Crippen molar-refractivity contribution >= 4 is 29.0 Å². The van der Waals surface area contributed by atoms with E-state index >= 15 is 0 Å². The molecule has 0 amide bonds. The SMILES string of the molecule is COc1cc(/C=C/C(=O)n2nnc3ccccc32)ccc1OC(C)=O. The van der Waals surface area contributed by atoms with Crippen LogP contribution in [-0.2, 0) is 4.79 Å². The number of carbonyl (C=O) groups excluding carboxylic acids is 2. The number of aromatic nitrogens is 3. The predicted octanol–water partition coefficient (Wildman–Crippen LogP) is 2.72. The highest BCUT2D eigenvalue weighted by molar-refractivity contribution is 5.98. The fourth-order valence-electron chi connectivity index (χ4n) is 2.30. The number of para-hydroxylation sites is 1. The number of fused-ring (bicyclic) bond motifs is 1. The summed E-state index contributed by atoms with van der Waals surface area (Å²) in [6, 6.07) is 12.2. The van der Waals surface area contributed by atoms with Gasteiger partial charge in [0.2, 0.25) is 0 Å². The molecule has 3 aromatic rings. The van der Waals surface area contributed by atoms with Crippen molar-refractivity contribution in [2.75, 3.05) is 7.11 Å². The first-order valence-corrected chi connectivity index (χ1v) is 7.48. The smallest absolute Gasteiger partial charge is 0.308 e. The van der Waals surface area contributed by atoms with E-state index < -0.39 is 5.97 Å². The van der Waals surface area contributed by atoms with E-state index in [1.165, 1.54) is 24.8 Å². The molecule has 126 valence electrons. The Hall–Kier alpha value is -3.48. The topological polar surface area (TPSA) is 83.3 Å². The van der Waals surface area contributed by atoms with Gasteiger partial charge in [-0.15, -0.1) is 5.10 Å². The Morgan fingerprint density at radius 3 is 2.68 bits per heavy atom. The molecular formula is C18H15N3O4. The third-order valence-electron chi connectivity index (χ3n) is 3.42. The zero-order chi connectivity index (χ0) is 17.8. The molecule has 7 heteroatoms. The van der Waals surface area contributed by atoms with Crippen molar-refractivity contribution in [2.45, 2.75) is 6.92 Å². The largest absolute Gasteiger partial charge is 0.493 e. The molecule has 7 nitrogen and oxygen atoms in total. The molecule has 1 aromatic heterocycles. The first-order valence-electron chi connectivity index (χ1n) is 7.48. The fraction of sp³-hybridized carbons (Fsp3) is 0.111. The highest BCUT2D eigenvalue weighted by Gasteiger charge is 2.10. The minimum absolute atomic E-state index is 0.320. The number of hydrogen-bond acceptors (Lipinski definition) is 6. The summed E-state index contributed by atoms with van der Waals surface area (Å²) in [6.07, 6.45) is 3.01. The van der Waals surface area contributed by atoms with Gasteiger partial charge in [-0.05, 0) is 35.9 Å². The second kappa shape index (κ2) is 6.96. The molecule has 1 heterocycles. The lowest BCUT2D eigenvalue weighted by Gasteiger charge is -2.08. The van der Waals surface area contributed by atoms with E-state index in [9.17, 15) is 9.59 Å². The summed E-state index contributed by atoms with van der Waals surface area (Å²) in [4.78, 5) is 23.4. The van der Waals surface area contributed by atoms with Gasteiger partial charge in [0, 0.05) is 13.0 Å². The van der Waals surface area contributed by atoms with Gasteiger partial charge in [0.25, 0.3) is 5.91 Å². The van der Waals surface area contributed by atoms with Gasteiger partial charge in [0.05, 0.1) is 12.6 Å². The van der Waals surface area contributed by atoms with Gasteiger partial charge in [-0.3, -0.25) is 9.59 Å². The molecule has 0 bridgehead atoms. The van der Waals surface area contributed by atoms with Crippen LogP contribution >= 0.6 is 0 Å². The molecule has 0 aliphatic rings. The van der Waals surface area contributed by atoms with Crippen LogP contribution in [0.3, 0.4) is 0 Å². The molecule has 0 aliphatic carbocycles. The molecule has 0 unspecified atom stereocenters. The maximum atomic E-state index is 12.3. The Bertz CT molecular complexity index is 975. The quantitative estimate of drug-likeness (QED) is 0.413. The van der Waals surface area contributed by atoms with Crippen molar-refractivity contribution in [3.63, 3.8) is 0 Å². The maximum Gasteiger partial charge on any atom is 0.308 e. The van der Waals surface area contributed by atoms with Crippen LogP contribution in [0.2, 0.25) is 0 Å². The van der Waals surface area contributed by atoms with Crippen LogP contribution in [0.5, 0.6) is 11.5 Å². The Morgan fingerprint density at radius 1 is 1.12 bits per heavy atom. The van der Waals surface area contributed by atoms with Gasteiger partial charge in [-0.25, -0.2) is 0 Å². The highest BCUT2D eigenvalue weighted by Crippen LogP contribution is 2.28. The lowest BCUT2D eigenvalue weighted by molar-refractivity contribution is -0.132. The molecule has 0 saturated heterocycles. The van der Waals surface area contributed by atoms with Crippen LogP contribution in [-0.4, -0.2) is 34.0 Å². The van der Waals surface area contributed by atoms with Gasteiger partial charge < -0.3 is 9.47 Å². The molecule has 3 rings (SSSR count). The van der Waals surface area contributed by atoms with Gasteiger partial charge >= 0.3 is 5.97 Å². The van der Waals surface area contributed by atoms with E-state index in [0.717, 1.165) is 0 Å². The molecule has 0 fully saturated rings. The van der Waals surface area contributed by atoms with E-state index in [0.29, 0.717) is 28.1 Å². The standard InChI is InChI=1S/C18H15N3O4/c1-12(22)25-16-9-7-13(11-17(16)24-2)8-10-18(23)21-15-6-4-3-5-14(15)19-20-21/h3-11H,1-2H3/b10-8+. The van der Waals surface area contributed by atoms with Crippen LogP contribution in [0.1, 0.15) is 17.3 Å². The first kappa shape index (κ1) is 16.4. The van der Waals surface area contributed by atoms with Crippen LogP contribution in [0.25, 0.3) is 17.1 Å². The van der Waals surface area contributed by atoms with Crippen LogP contribution in [0.15, 0.2) is 48.5 Å². The van der Waals surface area contributed by atoms with Crippen molar-refractivity contribution < 1.29 is 19.1 Å². The van der Waals surface area contributed by atoms with E-state index in [-0.39, 0.29) is 5.91 Å². The summed E-state index contributed by atoms with van der Waals surface area (Å²) in [6.45, 7) is 1.31. The Balaban J connectivity index is 1.84. The van der Waals surface area contributed by atoms with Crippen molar-refractivity contribution in [1.29, 1.82) is 0 Å². The van der Waals surface area contributed by atoms with Gasteiger partial charge in [0.1, 0.15) is 5.52 Å². The molecule has 0 atom stereocenters. The average molecular weight is 337 g/mol. The van der Waals surface area contributed by atoms with Crippen molar-refractivity contribution in [3.05, 3.63) is 54.1 Å². The Kier molecular flexibility index (Phi) is 4.56. The van der Waals surface area contributed by atoms with Crippen molar-refractivity contribution in [1.82, 2.24) is 15.0 Å². The van der Waals surface area contributed by atoms with Crippen LogP contribution in [0, 0.1) is 0 Å². The summed E-state index contributed by atoms with van der Waals surface area (Å²) in [7, 11) is 1.47. The monoisotopic (exact) mass is 337 g/mol. The molecule has 2 aromatic carbocycles. The van der Waals surface area contributed by atoms with Gasteiger partial charge in [0.15, 0.2) is 11.5 Å². The van der Waals surface area contributed by atoms with E-state index in [1.54, 1.807) is 36.4 Å². The molecule has 0 radical (unpaired) electrons. The highest BCUT2D eigenvalue weighted by atomic mass is 16.6. The molecule has 0 saturated carbocycles. The number of rotatable bonds is 4. The van der Waals surface area contributed by atoms with E-state index in [1.807, 2.05) is 12.1 Å². The number of methoxy groups -OCH3 is 1. The minimum atomic E-state index is -0.435. The summed E-state index contributed by atoms with van der Waals surface area (Å²) in [5, 5.41) is 7.82. The fourth-order valence-corrected chi connectivity index (χ4v) is 2.30. The van der Waals surface area contributed by atoms with E-state index in [4.69, 9.17) is 9.47 Å². The third-order valence-corrected chi connectivity index (χ3v) is 3.42. The second-order valence-electron chi connectivity index (χ2n) is 5.17. The Morgan fingerprint density at radius 2 is 1.92 bits per heavy atom. The number of nitrogens with zero attached hydrogens (tertiary/aromatic N) is 3. The number of carbonyl (C=O) groups is 2. The lowest BCUT2D eigenvalue weighted by Crippen LogP contribution is -2.08. The molecule has 0 spiro atoms. The number of hydrogen-bond donors (Lipinski definition) is 0. The van der Waals surface area contributed by atoms with Crippen molar-refractivity contribution in [2.24, 2.45) is 0 Å². The summed E-state index contributed by atoms with van der Waals surface area (Å²) in [5.41, 5.74) is 2.00. The minimum Gasteiger partial charge on any atom is -0.493 e. The third kappa shape index (κ3) is 3.55. The number of ether oxygens (including phenoxy) is 2. The first-order chi connectivity index (χ1) is 12.1. The molecule has 0 N–H and O–H groups in total. The number of esters is 1. The van der Waals surface area contributed by atoms with Crippen LogP contribution < -0.4 is 9.47 Å². The summed E-state index contributed by atoms with van der Waals surface area (Å²) >= 11 is 0. The van der Waals surface area contributed by atoms with E-state index in [2.05, 4.69) is 10.3 Å². The lowest BCUT2D eigenvalue weighted by atomic mass is 10.2. The zero-order valence-electron chi connectivity index (χ0n) is 13.7. The van der Waals surface area contributed by atoms with Crippen LogP contribution in [0.4, 0.5) is 0 Å². The number of allylic oxidation sites excluding steroid dienone is 1. The van der Waals surface area contributed by atoms with Crippen molar-refractivity contribution in [3.8, 4) is 11.5 Å². The summed E-state index contributed by atoms with van der Waals surface area (Å²) < 4.78 is 11.5. The zero-order valence-corrected chi connectivity index (χ0v) is 13.7. The normalized spacial score (nSPS) is 11.0. The number of benzene rings is 2. The second-order valence-corrected chi connectivity index (χ2v) is 5.17. The summed E-state index contributed by atoms with van der Waals surface area (Å²) in [5.74, 6) is -0.0386. The molecular weight excluding hydrogens is 322 g/mol. The van der Waals surface area contributed by atoms with Gasteiger partial charge in [-0.1, -0.05) is 23.4 Å².